The first-order valence-corrected chi connectivity index (χ1v) is 9.10. The zero-order valence-corrected chi connectivity index (χ0v) is 16.1. The molecule has 0 aliphatic heterocycles. The first-order chi connectivity index (χ1) is 12.2. The monoisotopic (exact) mass is 367 g/mol. The van der Waals surface area contributed by atoms with E-state index in [2.05, 4.69) is 30.9 Å². The Morgan fingerprint density at radius 2 is 1.92 bits per heavy atom. The number of hydrogen-bond donors (Lipinski definition) is 1. The van der Waals surface area contributed by atoms with Crippen molar-refractivity contribution >= 4 is 29.3 Å². The molecule has 0 amide bonds. The van der Waals surface area contributed by atoms with Crippen LogP contribution in [0.4, 0.5) is 0 Å². The molecule has 26 heavy (non-hydrogen) atoms. The van der Waals surface area contributed by atoms with Gasteiger partial charge in [0.2, 0.25) is 0 Å². The molecule has 0 radical (unpaired) electrons. The summed E-state index contributed by atoms with van der Waals surface area (Å²) >= 11 is 1.26. The first kappa shape index (κ1) is 18.1. The van der Waals surface area contributed by atoms with Gasteiger partial charge in [0.25, 0.3) is 5.56 Å². The summed E-state index contributed by atoms with van der Waals surface area (Å²) in [7, 11) is 1.82. The summed E-state index contributed by atoms with van der Waals surface area (Å²) in [6.07, 6.45) is 6.74. The summed E-state index contributed by atoms with van der Waals surface area (Å²) in [6.45, 7) is 6.39. The average Bonchev–Trinajstić information content (AvgIpc) is 3.13. The van der Waals surface area contributed by atoms with E-state index in [4.69, 9.17) is 0 Å². The third-order valence-corrected chi connectivity index (χ3v) is 4.96. The third kappa shape index (κ3) is 4.08. The Hall–Kier alpha value is -2.73. The lowest BCUT2D eigenvalue weighted by atomic mass is 9.86. The summed E-state index contributed by atoms with van der Waals surface area (Å²) in [4.78, 5) is 27.3. The van der Waals surface area contributed by atoms with Gasteiger partial charge < -0.3 is 4.98 Å². The van der Waals surface area contributed by atoms with Gasteiger partial charge in [-0.3, -0.25) is 14.3 Å². The minimum atomic E-state index is -0.207. The molecule has 0 fully saturated rings. The first-order valence-electron chi connectivity index (χ1n) is 8.28. The molecular weight excluding hydrogens is 346 g/mol. The normalized spacial score (nSPS) is 13.4. The molecule has 0 aliphatic carbocycles. The molecule has 0 saturated heterocycles. The number of ketones is 1. The Balaban J connectivity index is 1.91. The van der Waals surface area contributed by atoms with Crippen LogP contribution < -0.4 is 14.8 Å². The molecule has 2 aromatic heterocycles. The predicted octanol–water partition coefficient (Wildman–Crippen LogP) is 1.96. The molecule has 3 aromatic rings. The van der Waals surface area contributed by atoms with Gasteiger partial charge in [-0.25, -0.2) is 0 Å². The number of aromatic nitrogens is 3. The molecular formula is C20H21N3O2S. The van der Waals surface area contributed by atoms with E-state index in [-0.39, 0.29) is 16.8 Å². The van der Waals surface area contributed by atoms with Gasteiger partial charge >= 0.3 is 0 Å². The van der Waals surface area contributed by atoms with Crippen molar-refractivity contribution in [2.45, 2.75) is 26.2 Å². The van der Waals surface area contributed by atoms with E-state index in [0.717, 1.165) is 5.56 Å². The summed E-state index contributed by atoms with van der Waals surface area (Å²) < 4.78 is 2.75. The fourth-order valence-electron chi connectivity index (χ4n) is 2.53. The van der Waals surface area contributed by atoms with Gasteiger partial charge in [0.1, 0.15) is 0 Å². The van der Waals surface area contributed by atoms with Gasteiger partial charge in [-0.15, -0.1) is 11.3 Å². The van der Waals surface area contributed by atoms with Gasteiger partial charge in [0.15, 0.2) is 5.78 Å². The van der Waals surface area contributed by atoms with Gasteiger partial charge in [0, 0.05) is 30.4 Å². The third-order valence-electron chi connectivity index (χ3n) is 4.00. The number of nitrogens with zero attached hydrogens (tertiary/aromatic N) is 2. The van der Waals surface area contributed by atoms with Crippen molar-refractivity contribution in [2.24, 2.45) is 7.05 Å². The quantitative estimate of drug-likeness (QED) is 0.720. The van der Waals surface area contributed by atoms with E-state index in [0.29, 0.717) is 14.8 Å². The zero-order valence-electron chi connectivity index (χ0n) is 15.2. The molecule has 0 unspecified atom stereocenters. The topological polar surface area (TPSA) is 67.8 Å². The van der Waals surface area contributed by atoms with Gasteiger partial charge in [-0.2, -0.15) is 5.10 Å². The predicted molar refractivity (Wildman–Crippen MR) is 105 cm³/mol. The van der Waals surface area contributed by atoms with Crippen LogP contribution in [0.15, 0.2) is 41.5 Å². The number of aryl methyl sites for hydroxylation is 1. The number of rotatable bonds is 3. The second-order valence-corrected chi connectivity index (χ2v) is 8.30. The van der Waals surface area contributed by atoms with E-state index in [9.17, 15) is 9.59 Å². The molecule has 1 aromatic carbocycles. The van der Waals surface area contributed by atoms with Gasteiger partial charge in [0.05, 0.1) is 15.4 Å². The summed E-state index contributed by atoms with van der Waals surface area (Å²) in [5.74, 6) is -0.129. The van der Waals surface area contributed by atoms with Crippen molar-refractivity contribution in [1.29, 1.82) is 0 Å². The minimum Gasteiger partial charge on any atom is -0.313 e. The SMILES string of the molecule is Cn1cc(/C=c2/s/c(=C\C(=O)c3ccc(C(C)(C)C)cc3)[nH]c2=O)cn1. The highest BCUT2D eigenvalue weighted by molar-refractivity contribution is 7.07. The number of carbonyl (C=O) groups is 1. The lowest BCUT2D eigenvalue weighted by Crippen LogP contribution is -2.19. The van der Waals surface area contributed by atoms with Crippen LogP contribution in [0.2, 0.25) is 0 Å². The van der Waals surface area contributed by atoms with Crippen LogP contribution in [-0.4, -0.2) is 20.5 Å². The Morgan fingerprint density at radius 1 is 1.23 bits per heavy atom. The smallest absolute Gasteiger partial charge is 0.266 e. The summed E-state index contributed by atoms with van der Waals surface area (Å²) in [5.41, 5.74) is 2.45. The standard InChI is InChI=1S/C20H21N3O2S/c1-20(2,3)15-7-5-14(6-8-15)16(24)10-18-22-19(25)17(26-18)9-13-11-21-23(4)12-13/h5-12H,1-4H3,(H,22,25)/b17-9+,18-10-. The number of carbonyl (C=O) groups excluding carboxylic acids is 1. The van der Waals surface area contributed by atoms with E-state index in [1.54, 1.807) is 17.0 Å². The van der Waals surface area contributed by atoms with Crippen LogP contribution in [0.5, 0.6) is 0 Å². The van der Waals surface area contributed by atoms with Gasteiger partial charge in [-0.05, 0) is 17.1 Å². The molecule has 3 rings (SSSR count). The number of H-pyrrole nitrogens is 1. The molecule has 2 heterocycles. The molecule has 0 bridgehead atoms. The van der Waals surface area contributed by atoms with Crippen molar-refractivity contribution in [2.75, 3.05) is 0 Å². The van der Waals surface area contributed by atoms with Crippen molar-refractivity contribution in [1.82, 2.24) is 14.8 Å². The number of hydrogen-bond acceptors (Lipinski definition) is 4. The molecule has 0 aliphatic rings. The Bertz CT molecular complexity index is 1110. The maximum Gasteiger partial charge on any atom is 0.266 e. The van der Waals surface area contributed by atoms with E-state index in [1.165, 1.54) is 23.0 Å². The maximum absolute atomic E-state index is 12.5. The van der Waals surface area contributed by atoms with Crippen LogP contribution in [0.3, 0.4) is 0 Å². The number of benzene rings is 1. The highest BCUT2D eigenvalue weighted by Gasteiger charge is 2.13. The van der Waals surface area contributed by atoms with Crippen LogP contribution in [0.1, 0.15) is 42.3 Å². The fourth-order valence-corrected chi connectivity index (χ4v) is 3.41. The largest absolute Gasteiger partial charge is 0.313 e. The van der Waals surface area contributed by atoms with Crippen molar-refractivity contribution in [3.63, 3.8) is 0 Å². The Morgan fingerprint density at radius 3 is 2.50 bits per heavy atom. The Labute approximate surface area is 155 Å². The fraction of sp³-hybridized carbons (Fsp3) is 0.250. The Kier molecular flexibility index (Phi) is 4.78. The van der Waals surface area contributed by atoms with Gasteiger partial charge in [-0.1, -0.05) is 45.0 Å². The van der Waals surface area contributed by atoms with Crippen LogP contribution >= 0.6 is 11.3 Å². The second-order valence-electron chi connectivity index (χ2n) is 7.21. The lowest BCUT2D eigenvalue weighted by Gasteiger charge is -2.18. The molecule has 0 saturated carbocycles. The highest BCUT2D eigenvalue weighted by atomic mass is 32.1. The van der Waals surface area contributed by atoms with Crippen LogP contribution in [0, 0.1) is 0 Å². The molecule has 5 nitrogen and oxygen atoms in total. The molecule has 6 heteroatoms. The molecule has 1 N–H and O–H groups in total. The van der Waals surface area contributed by atoms with E-state index < -0.39 is 0 Å². The van der Waals surface area contributed by atoms with Crippen LogP contribution in [0.25, 0.3) is 12.2 Å². The number of thiazole rings is 1. The maximum atomic E-state index is 12.5. The number of aromatic amines is 1. The summed E-state index contributed by atoms with van der Waals surface area (Å²) in [6, 6.07) is 7.60. The highest BCUT2D eigenvalue weighted by Crippen LogP contribution is 2.22. The molecule has 134 valence electrons. The lowest BCUT2D eigenvalue weighted by molar-refractivity contribution is 0.106. The molecule has 0 spiro atoms. The van der Waals surface area contributed by atoms with E-state index in [1.807, 2.05) is 37.5 Å². The van der Waals surface area contributed by atoms with E-state index >= 15 is 0 Å². The summed E-state index contributed by atoms with van der Waals surface area (Å²) in [5, 5.41) is 4.08. The number of nitrogens with one attached hydrogen (secondary N) is 1. The minimum absolute atomic E-state index is 0.0430. The van der Waals surface area contributed by atoms with Crippen molar-refractivity contribution in [3.05, 3.63) is 72.9 Å². The van der Waals surface area contributed by atoms with Crippen LogP contribution in [-0.2, 0) is 12.5 Å². The molecule has 0 atom stereocenters. The zero-order chi connectivity index (χ0) is 18.9. The average molecular weight is 367 g/mol. The number of Topliss-reactive ketones (excluding diaryl/α,β-unsaturated/α-hetero) is 1. The van der Waals surface area contributed by atoms with Crippen molar-refractivity contribution in [3.8, 4) is 0 Å². The second kappa shape index (κ2) is 6.88. The van der Waals surface area contributed by atoms with Crippen molar-refractivity contribution < 1.29 is 4.79 Å².